The monoisotopic (exact) mass is 269 g/mol. The molecule has 18 heavy (non-hydrogen) atoms. The zero-order valence-corrected chi connectivity index (χ0v) is 11.3. The molecule has 2 aliphatic rings. The minimum atomic E-state index is -0.330. The van der Waals surface area contributed by atoms with Crippen molar-refractivity contribution < 1.29 is 4.39 Å². The lowest BCUT2D eigenvalue weighted by atomic mass is 9.85. The van der Waals surface area contributed by atoms with Crippen LogP contribution in [-0.4, -0.2) is 30.2 Å². The third kappa shape index (κ3) is 1.70. The van der Waals surface area contributed by atoms with Crippen molar-refractivity contribution in [3.63, 3.8) is 0 Å². The molecule has 2 aliphatic heterocycles. The summed E-state index contributed by atoms with van der Waals surface area (Å²) in [5, 5.41) is 3.76. The predicted octanol–water partition coefficient (Wildman–Crippen LogP) is 2.31. The van der Waals surface area contributed by atoms with Gasteiger partial charge in [0.25, 0.3) is 0 Å². The Bertz CT molecular complexity index is 477. The highest BCUT2D eigenvalue weighted by molar-refractivity contribution is 6.30. The highest BCUT2D eigenvalue weighted by Gasteiger charge is 2.50. The molecule has 0 amide bonds. The Morgan fingerprint density at radius 3 is 2.94 bits per heavy atom. The van der Waals surface area contributed by atoms with Gasteiger partial charge in [0.15, 0.2) is 11.6 Å². The lowest BCUT2D eigenvalue weighted by Gasteiger charge is -2.36. The summed E-state index contributed by atoms with van der Waals surface area (Å²) in [4.78, 5) is 6.27. The second kappa shape index (κ2) is 4.07. The molecular weight excluding hydrogens is 253 g/mol. The van der Waals surface area contributed by atoms with Crippen molar-refractivity contribution in [2.45, 2.75) is 19.4 Å². The van der Waals surface area contributed by atoms with Gasteiger partial charge < -0.3 is 10.2 Å². The number of hydrogen-bond donors (Lipinski definition) is 1. The van der Waals surface area contributed by atoms with Crippen LogP contribution in [0.1, 0.15) is 13.8 Å². The average molecular weight is 270 g/mol. The largest absolute Gasteiger partial charge is 0.348 e. The second-order valence-corrected chi connectivity index (χ2v) is 6.18. The van der Waals surface area contributed by atoms with E-state index in [0.717, 1.165) is 19.6 Å². The summed E-state index contributed by atoms with van der Waals surface area (Å²) in [6.45, 7) is 7.21. The fraction of sp³-hybridized carbons (Fsp3) is 0.615. The molecule has 3 heterocycles. The number of nitrogens with zero attached hydrogens (tertiary/aromatic N) is 2. The van der Waals surface area contributed by atoms with Crippen LogP contribution in [0.4, 0.5) is 10.2 Å². The van der Waals surface area contributed by atoms with Crippen molar-refractivity contribution in [1.82, 2.24) is 10.3 Å². The Morgan fingerprint density at radius 1 is 1.50 bits per heavy atom. The molecule has 2 saturated heterocycles. The van der Waals surface area contributed by atoms with E-state index in [-0.39, 0.29) is 11.4 Å². The first-order valence-electron chi connectivity index (χ1n) is 6.29. The smallest absolute Gasteiger partial charge is 0.167 e. The van der Waals surface area contributed by atoms with Crippen LogP contribution in [0, 0.1) is 17.7 Å². The van der Waals surface area contributed by atoms with Crippen molar-refractivity contribution in [2.75, 3.05) is 24.5 Å². The van der Waals surface area contributed by atoms with Crippen molar-refractivity contribution in [2.24, 2.45) is 11.8 Å². The molecule has 0 bridgehead atoms. The van der Waals surface area contributed by atoms with Gasteiger partial charge in [-0.3, -0.25) is 0 Å². The van der Waals surface area contributed by atoms with Gasteiger partial charge in [0, 0.05) is 31.4 Å². The van der Waals surface area contributed by atoms with Crippen LogP contribution in [-0.2, 0) is 0 Å². The van der Waals surface area contributed by atoms with E-state index in [1.54, 1.807) is 0 Å². The summed E-state index contributed by atoms with van der Waals surface area (Å²) in [5.41, 5.74) is -0.0736. The topological polar surface area (TPSA) is 28.2 Å². The van der Waals surface area contributed by atoms with Crippen LogP contribution in [0.5, 0.6) is 0 Å². The van der Waals surface area contributed by atoms with Crippen molar-refractivity contribution in [3.05, 3.63) is 23.1 Å². The Kier molecular flexibility index (Phi) is 2.75. The van der Waals surface area contributed by atoms with Crippen molar-refractivity contribution >= 4 is 17.4 Å². The summed E-state index contributed by atoms with van der Waals surface area (Å²) < 4.78 is 14.0. The van der Waals surface area contributed by atoms with Gasteiger partial charge in [-0.05, 0) is 31.7 Å². The summed E-state index contributed by atoms with van der Waals surface area (Å²) in [6.07, 6.45) is 1.52. The number of halogens is 2. The van der Waals surface area contributed by atoms with E-state index in [1.807, 2.05) is 0 Å². The third-order valence-corrected chi connectivity index (χ3v) is 4.61. The first kappa shape index (κ1) is 12.2. The molecule has 2 unspecified atom stereocenters. The van der Waals surface area contributed by atoms with E-state index in [0.29, 0.717) is 22.7 Å². The average Bonchev–Trinajstić information content (AvgIpc) is 2.82. The zero-order chi connectivity index (χ0) is 12.9. The van der Waals surface area contributed by atoms with E-state index in [9.17, 15) is 4.39 Å². The van der Waals surface area contributed by atoms with Gasteiger partial charge >= 0.3 is 0 Å². The number of fused-ring (bicyclic) bond motifs is 1. The molecule has 2 atom stereocenters. The molecule has 5 heteroatoms. The third-order valence-electron chi connectivity index (χ3n) is 4.40. The molecule has 0 radical (unpaired) electrons. The van der Waals surface area contributed by atoms with Gasteiger partial charge in [0.05, 0.1) is 5.02 Å². The van der Waals surface area contributed by atoms with Crippen molar-refractivity contribution in [3.8, 4) is 0 Å². The van der Waals surface area contributed by atoms with E-state index < -0.39 is 0 Å². The SMILES string of the molecule is CC1(C)C2CNCC2CN1c1ncc(Cl)cc1F. The van der Waals surface area contributed by atoms with Gasteiger partial charge in [-0.15, -0.1) is 0 Å². The molecule has 0 saturated carbocycles. The molecule has 1 aromatic heterocycles. The molecule has 2 fully saturated rings. The highest BCUT2D eigenvalue weighted by atomic mass is 35.5. The number of pyridine rings is 1. The van der Waals surface area contributed by atoms with Crippen LogP contribution in [0.15, 0.2) is 12.3 Å². The van der Waals surface area contributed by atoms with Gasteiger partial charge in [-0.2, -0.15) is 0 Å². The molecule has 0 spiro atoms. The Balaban J connectivity index is 1.97. The maximum atomic E-state index is 14.0. The fourth-order valence-electron chi connectivity index (χ4n) is 3.39. The molecule has 1 N–H and O–H groups in total. The minimum absolute atomic E-state index is 0.0736. The molecule has 0 aromatic carbocycles. The van der Waals surface area contributed by atoms with E-state index >= 15 is 0 Å². The maximum Gasteiger partial charge on any atom is 0.167 e. The van der Waals surface area contributed by atoms with E-state index in [4.69, 9.17) is 11.6 Å². The molecule has 1 aromatic rings. The number of nitrogens with one attached hydrogen (secondary N) is 1. The first-order chi connectivity index (χ1) is 8.50. The summed E-state index contributed by atoms with van der Waals surface area (Å²) >= 11 is 5.76. The molecular formula is C13H17ClFN3. The normalized spacial score (nSPS) is 29.7. The fourth-order valence-corrected chi connectivity index (χ4v) is 3.53. The van der Waals surface area contributed by atoms with E-state index in [1.165, 1.54) is 12.3 Å². The number of anilines is 1. The molecule has 98 valence electrons. The van der Waals surface area contributed by atoms with Gasteiger partial charge in [-0.1, -0.05) is 11.6 Å². The van der Waals surface area contributed by atoms with Gasteiger partial charge in [0.2, 0.25) is 0 Å². The number of rotatable bonds is 1. The van der Waals surface area contributed by atoms with Gasteiger partial charge in [0.1, 0.15) is 0 Å². The summed E-state index contributed by atoms with van der Waals surface area (Å²) in [5.74, 6) is 1.23. The standard InChI is InChI=1S/C13H17ClFN3/c1-13(2)10-6-16-4-8(10)7-18(13)12-11(15)3-9(14)5-17-12/h3,5,8,10,16H,4,6-7H2,1-2H3. The predicted molar refractivity (Wildman–Crippen MR) is 70.5 cm³/mol. The second-order valence-electron chi connectivity index (χ2n) is 5.75. The van der Waals surface area contributed by atoms with Crippen molar-refractivity contribution in [1.29, 1.82) is 0 Å². The number of hydrogen-bond acceptors (Lipinski definition) is 3. The van der Waals surface area contributed by atoms with E-state index in [2.05, 4.69) is 29.0 Å². The maximum absolute atomic E-state index is 14.0. The summed E-state index contributed by atoms with van der Waals surface area (Å²) in [7, 11) is 0. The minimum Gasteiger partial charge on any atom is -0.348 e. The highest BCUT2D eigenvalue weighted by Crippen LogP contribution is 2.43. The van der Waals surface area contributed by atoms with Crippen LogP contribution < -0.4 is 10.2 Å². The van der Waals surface area contributed by atoms with Crippen LogP contribution in [0.25, 0.3) is 0 Å². The van der Waals surface area contributed by atoms with Gasteiger partial charge in [-0.25, -0.2) is 9.37 Å². The van der Waals surface area contributed by atoms with Crippen LogP contribution in [0.2, 0.25) is 5.02 Å². The molecule has 0 aliphatic carbocycles. The Labute approximate surface area is 111 Å². The lowest BCUT2D eigenvalue weighted by Crippen LogP contribution is -2.45. The number of aromatic nitrogens is 1. The Hall–Kier alpha value is -0.870. The quantitative estimate of drug-likeness (QED) is 0.848. The van der Waals surface area contributed by atoms with Crippen LogP contribution in [0.3, 0.4) is 0 Å². The lowest BCUT2D eigenvalue weighted by molar-refractivity contribution is 0.354. The Morgan fingerprint density at radius 2 is 2.28 bits per heavy atom. The first-order valence-corrected chi connectivity index (χ1v) is 6.67. The zero-order valence-electron chi connectivity index (χ0n) is 10.6. The molecule has 3 nitrogen and oxygen atoms in total. The summed E-state index contributed by atoms with van der Waals surface area (Å²) in [6, 6.07) is 1.34. The molecule has 3 rings (SSSR count). The van der Waals surface area contributed by atoms with Crippen LogP contribution >= 0.6 is 11.6 Å².